The second kappa shape index (κ2) is 13.6. The third-order valence-electron chi connectivity index (χ3n) is 14.9. The molecule has 4 heterocycles. The lowest BCUT2D eigenvalue weighted by atomic mass is 9.94. The second-order valence-corrected chi connectivity index (χ2v) is 20.4. The van der Waals surface area contributed by atoms with Crippen LogP contribution in [0, 0.1) is 0 Å². The molecule has 0 unspecified atom stereocenters. The van der Waals surface area contributed by atoms with Crippen LogP contribution in [0.25, 0.3) is 150 Å². The molecule has 68 heavy (non-hydrogen) atoms. The molecule has 16 rings (SSSR count). The first-order chi connectivity index (χ1) is 33.7. The van der Waals surface area contributed by atoms with Gasteiger partial charge in [-0.2, -0.15) is 0 Å². The van der Waals surface area contributed by atoms with E-state index < -0.39 is 0 Å². The first-order valence-corrected chi connectivity index (χ1v) is 25.0. The Morgan fingerprint density at radius 1 is 0.235 bits per heavy atom. The van der Waals surface area contributed by atoms with Gasteiger partial charge in [-0.15, -0.1) is 22.7 Å². The molecule has 4 aromatic heterocycles. The van der Waals surface area contributed by atoms with Gasteiger partial charge >= 0.3 is 0 Å². The minimum Gasteiger partial charge on any atom is -0.301 e. The van der Waals surface area contributed by atoms with Crippen molar-refractivity contribution in [3.63, 3.8) is 0 Å². The van der Waals surface area contributed by atoms with E-state index in [1.54, 1.807) is 0 Å². The summed E-state index contributed by atoms with van der Waals surface area (Å²) in [4.78, 5) is 2.55. The molecule has 16 aromatic rings. The number of aromatic nitrogens is 2. The molecule has 0 N–H and O–H groups in total. The topological polar surface area (TPSA) is 9.86 Å². The number of fused-ring (bicyclic) bond motifs is 22. The maximum atomic E-state index is 2.52. The minimum absolute atomic E-state index is 1.18. The van der Waals surface area contributed by atoms with Crippen LogP contribution in [0.5, 0.6) is 0 Å². The molecule has 0 atom stereocenters. The van der Waals surface area contributed by atoms with Gasteiger partial charge in [0.05, 0.1) is 11.0 Å². The summed E-state index contributed by atoms with van der Waals surface area (Å²) in [5, 5.41) is 23.3. The summed E-state index contributed by atoms with van der Waals surface area (Å²) in [5.41, 5.74) is 7.24. The van der Waals surface area contributed by atoms with E-state index in [1.807, 2.05) is 22.7 Å². The highest BCUT2D eigenvalue weighted by Crippen LogP contribution is 2.47. The predicted molar refractivity (Wildman–Crippen MR) is 296 cm³/mol. The zero-order valence-corrected chi connectivity index (χ0v) is 38.1. The molecule has 0 radical (unpaired) electrons. The van der Waals surface area contributed by atoms with Crippen LogP contribution in [0.15, 0.2) is 218 Å². The van der Waals surface area contributed by atoms with E-state index in [2.05, 4.69) is 228 Å². The van der Waals surface area contributed by atoms with Crippen molar-refractivity contribution < 1.29 is 0 Å². The van der Waals surface area contributed by atoms with Crippen molar-refractivity contribution in [3.8, 4) is 22.5 Å². The molecule has 0 amide bonds. The molecule has 0 saturated carbocycles. The average Bonchev–Trinajstić information content (AvgIpc) is 4.15. The third-order valence-corrected chi connectivity index (χ3v) is 17.2. The maximum absolute atomic E-state index is 2.52. The molecule has 0 aliphatic carbocycles. The molecule has 0 fully saturated rings. The largest absolute Gasteiger partial charge is 0.301 e. The Labute approximate surface area is 397 Å². The number of hydrogen-bond donors (Lipinski definition) is 0. The highest BCUT2D eigenvalue weighted by atomic mass is 32.1. The van der Waals surface area contributed by atoms with Gasteiger partial charge in [0.25, 0.3) is 0 Å². The fourth-order valence-electron chi connectivity index (χ4n) is 11.9. The summed E-state index contributed by atoms with van der Waals surface area (Å²) >= 11 is 3.78. The van der Waals surface area contributed by atoms with Gasteiger partial charge in [0.15, 0.2) is 0 Å². The zero-order chi connectivity index (χ0) is 44.2. The van der Waals surface area contributed by atoms with E-state index in [-0.39, 0.29) is 0 Å². The predicted octanol–water partition coefficient (Wildman–Crippen LogP) is 18.9. The van der Waals surface area contributed by atoms with Crippen LogP contribution in [0.1, 0.15) is 0 Å². The lowest BCUT2D eigenvalue weighted by molar-refractivity contribution is 1.20. The summed E-state index contributed by atoms with van der Waals surface area (Å²) in [6, 6.07) is 81.8. The third kappa shape index (κ3) is 4.95. The van der Waals surface area contributed by atoms with Crippen LogP contribution in [-0.2, 0) is 0 Å². The quantitative estimate of drug-likeness (QED) is 0.156. The lowest BCUT2D eigenvalue weighted by Crippen LogP contribution is -1.94. The van der Waals surface area contributed by atoms with Crippen LogP contribution >= 0.6 is 22.7 Å². The number of rotatable bonds is 3. The Bertz CT molecular complexity index is 4480. The van der Waals surface area contributed by atoms with Gasteiger partial charge in [0.2, 0.25) is 0 Å². The van der Waals surface area contributed by atoms with Crippen molar-refractivity contribution in [3.05, 3.63) is 218 Å². The van der Waals surface area contributed by atoms with Crippen molar-refractivity contribution in [1.82, 2.24) is 9.13 Å². The van der Waals surface area contributed by atoms with Gasteiger partial charge < -0.3 is 9.13 Å². The van der Waals surface area contributed by atoms with E-state index in [4.69, 9.17) is 0 Å². The fourth-order valence-corrected chi connectivity index (χ4v) is 14.4. The highest BCUT2D eigenvalue weighted by molar-refractivity contribution is 7.26. The average molecular weight is 897 g/mol. The van der Waals surface area contributed by atoms with Gasteiger partial charge in [-0.05, 0) is 136 Å². The van der Waals surface area contributed by atoms with Gasteiger partial charge in [-0.3, -0.25) is 0 Å². The number of benzene rings is 12. The summed E-state index contributed by atoms with van der Waals surface area (Å²) in [6.45, 7) is 0. The van der Waals surface area contributed by atoms with Crippen LogP contribution in [0.2, 0.25) is 0 Å². The van der Waals surface area contributed by atoms with E-state index in [9.17, 15) is 0 Å². The Balaban J connectivity index is 0.921. The molecule has 4 heteroatoms. The second-order valence-electron chi connectivity index (χ2n) is 18.3. The standard InChI is InChI=1S/C64H36N2S2/c1-3-17-45-41(13-1)43-15-5-7-19-47(43)53-35-39(27-29-49(45)53)65-57-31-25-37(33-55(57)61-51-21-9-11-23-59(51)67-63(61)65)38-26-32-58-56(34-38)62-52-22-10-12-24-60(52)68-64(62)66(58)40-28-30-50-46-18-4-2-14-42(46)44-16-6-8-20-48(44)54(50)36-40/h1-36H. The molecule has 314 valence electrons. The molecule has 0 aliphatic rings. The monoisotopic (exact) mass is 896 g/mol. The van der Waals surface area contributed by atoms with Crippen molar-refractivity contribution >= 4 is 150 Å². The maximum Gasteiger partial charge on any atom is 0.109 e. The van der Waals surface area contributed by atoms with Gasteiger partial charge in [-0.25, -0.2) is 0 Å². The molecular formula is C64H36N2S2. The van der Waals surface area contributed by atoms with Crippen molar-refractivity contribution in [2.75, 3.05) is 0 Å². The number of thiophene rings is 2. The first-order valence-electron chi connectivity index (χ1n) is 23.3. The van der Waals surface area contributed by atoms with Gasteiger partial charge in [-0.1, -0.05) is 158 Å². The van der Waals surface area contributed by atoms with Crippen LogP contribution in [0.3, 0.4) is 0 Å². The molecule has 0 aliphatic heterocycles. The summed E-state index contributed by atoms with van der Waals surface area (Å²) in [7, 11) is 0. The Hall–Kier alpha value is -8.28. The van der Waals surface area contributed by atoms with Gasteiger partial charge in [0.1, 0.15) is 9.66 Å². The Kier molecular flexibility index (Phi) is 7.40. The van der Waals surface area contributed by atoms with E-state index in [1.165, 1.54) is 150 Å². The smallest absolute Gasteiger partial charge is 0.109 e. The Morgan fingerprint density at radius 3 is 0.912 bits per heavy atom. The Morgan fingerprint density at radius 2 is 0.544 bits per heavy atom. The summed E-state index contributed by atoms with van der Waals surface area (Å²) in [5.74, 6) is 0. The molecular weight excluding hydrogens is 861 g/mol. The van der Waals surface area contributed by atoms with E-state index in [0.717, 1.165) is 0 Å². The number of hydrogen-bond acceptors (Lipinski definition) is 2. The molecule has 0 saturated heterocycles. The van der Waals surface area contributed by atoms with Gasteiger partial charge in [0, 0.05) is 53.1 Å². The van der Waals surface area contributed by atoms with E-state index in [0.29, 0.717) is 0 Å². The first kappa shape index (κ1) is 36.9. The molecule has 2 nitrogen and oxygen atoms in total. The van der Waals surface area contributed by atoms with Crippen LogP contribution in [-0.4, -0.2) is 9.13 Å². The SMILES string of the molecule is c1ccc2c(c1)sc1c2c2cc(-c3ccc4c(c3)c3c5ccccc5sc3n4-c3ccc4c5ccccc5c5ccccc5c4c3)ccc2n1-c1ccc2c3ccccc3c3ccccc3c2c1. The lowest BCUT2D eigenvalue weighted by Gasteiger charge is -2.14. The van der Waals surface area contributed by atoms with Crippen molar-refractivity contribution in [2.24, 2.45) is 0 Å². The zero-order valence-electron chi connectivity index (χ0n) is 36.5. The van der Waals surface area contributed by atoms with Crippen molar-refractivity contribution in [1.29, 1.82) is 0 Å². The molecule has 12 aromatic carbocycles. The molecule has 0 spiro atoms. The highest BCUT2D eigenvalue weighted by Gasteiger charge is 2.22. The fraction of sp³-hybridized carbons (Fsp3) is 0. The minimum atomic E-state index is 1.18. The summed E-state index contributed by atoms with van der Waals surface area (Å²) < 4.78 is 7.64. The number of nitrogens with zero attached hydrogens (tertiary/aromatic N) is 2. The van der Waals surface area contributed by atoms with Crippen LogP contribution in [0.4, 0.5) is 0 Å². The molecule has 0 bridgehead atoms. The van der Waals surface area contributed by atoms with Crippen LogP contribution < -0.4 is 0 Å². The van der Waals surface area contributed by atoms with Crippen molar-refractivity contribution in [2.45, 2.75) is 0 Å². The normalized spacial score (nSPS) is 12.4. The van der Waals surface area contributed by atoms with E-state index >= 15 is 0 Å². The summed E-state index contributed by atoms with van der Waals surface area (Å²) in [6.07, 6.45) is 0.